The van der Waals surface area contributed by atoms with E-state index in [0.717, 1.165) is 50.6 Å². The predicted molar refractivity (Wildman–Crippen MR) is 191 cm³/mol. The van der Waals surface area contributed by atoms with Gasteiger partial charge in [0.05, 0.1) is 18.6 Å². The van der Waals surface area contributed by atoms with Crippen molar-refractivity contribution in [1.82, 2.24) is 0 Å². The van der Waals surface area contributed by atoms with Crippen LogP contribution in [0.1, 0.15) is 33.4 Å². The summed E-state index contributed by atoms with van der Waals surface area (Å²) in [6.45, 7) is 1.17. The summed E-state index contributed by atoms with van der Waals surface area (Å²) in [7, 11) is 3.73. The van der Waals surface area contributed by atoms with Crippen LogP contribution in [-0.4, -0.2) is 32.2 Å². The third kappa shape index (κ3) is 8.83. The van der Waals surface area contributed by atoms with Crippen molar-refractivity contribution in [2.75, 3.05) is 32.2 Å². The number of non-ortho nitro benzene ring substituents is 1. The third-order valence-corrected chi connectivity index (χ3v) is 7.46. The van der Waals surface area contributed by atoms with E-state index >= 15 is 0 Å². The number of hydrogen-bond donors (Lipinski definition) is 0. The molecule has 5 rings (SSSR count). The molecule has 0 saturated heterocycles. The second kappa shape index (κ2) is 15.7. The Morgan fingerprint density at radius 3 is 1.61 bits per heavy atom. The highest BCUT2D eigenvalue weighted by Gasteiger charge is 2.10. The summed E-state index contributed by atoms with van der Waals surface area (Å²) in [6.07, 6.45) is 12.2. The van der Waals surface area contributed by atoms with E-state index in [4.69, 9.17) is 9.47 Å². The molecule has 0 aromatic heterocycles. The highest BCUT2D eigenvalue weighted by atomic mass is 16.6. The van der Waals surface area contributed by atoms with Crippen molar-refractivity contribution in [2.24, 2.45) is 0 Å². The molecular formula is C40H36N2O4. The van der Waals surface area contributed by atoms with Crippen LogP contribution in [0.4, 0.5) is 11.4 Å². The van der Waals surface area contributed by atoms with Crippen LogP contribution in [0.25, 0.3) is 36.5 Å². The van der Waals surface area contributed by atoms with Gasteiger partial charge in [-0.05, 0) is 58.7 Å². The van der Waals surface area contributed by atoms with Crippen LogP contribution in [0.3, 0.4) is 0 Å². The van der Waals surface area contributed by atoms with Crippen molar-refractivity contribution in [3.05, 3.63) is 165 Å². The number of rotatable bonds is 13. The molecule has 0 N–H and O–H groups in total. The van der Waals surface area contributed by atoms with Gasteiger partial charge in [0.15, 0.2) is 0 Å². The Bertz CT molecular complexity index is 1810. The van der Waals surface area contributed by atoms with Crippen molar-refractivity contribution in [3.63, 3.8) is 0 Å². The number of nitro benzene ring substituents is 1. The fourth-order valence-corrected chi connectivity index (χ4v) is 4.82. The maximum absolute atomic E-state index is 10.9. The molecule has 6 heteroatoms. The minimum atomic E-state index is -0.394. The van der Waals surface area contributed by atoms with Crippen molar-refractivity contribution in [3.8, 4) is 11.5 Å². The summed E-state index contributed by atoms with van der Waals surface area (Å²) in [5.41, 5.74) is 7.17. The molecule has 0 radical (unpaired) electrons. The first-order valence-electron chi connectivity index (χ1n) is 15.0. The van der Waals surface area contributed by atoms with Crippen molar-refractivity contribution in [2.45, 2.75) is 0 Å². The zero-order valence-corrected chi connectivity index (χ0v) is 26.0. The molecule has 46 heavy (non-hydrogen) atoms. The third-order valence-electron chi connectivity index (χ3n) is 7.46. The molecule has 0 heterocycles. The minimum Gasteiger partial charge on any atom is -0.496 e. The molecule has 0 aliphatic heterocycles. The Morgan fingerprint density at radius 1 is 0.630 bits per heavy atom. The topological polar surface area (TPSA) is 64.8 Å². The van der Waals surface area contributed by atoms with E-state index in [1.54, 1.807) is 19.2 Å². The average Bonchev–Trinajstić information content (AvgIpc) is 3.10. The van der Waals surface area contributed by atoms with Crippen molar-refractivity contribution in [1.29, 1.82) is 0 Å². The van der Waals surface area contributed by atoms with E-state index in [9.17, 15) is 10.1 Å². The fourth-order valence-electron chi connectivity index (χ4n) is 4.82. The Kier molecular flexibility index (Phi) is 10.8. The summed E-state index contributed by atoms with van der Waals surface area (Å²) in [6, 6.07) is 39.2. The maximum atomic E-state index is 10.9. The summed E-state index contributed by atoms with van der Waals surface area (Å²) < 4.78 is 12.2. The number of ether oxygens (including phenoxy) is 2. The van der Waals surface area contributed by atoms with Gasteiger partial charge in [-0.1, -0.05) is 109 Å². The van der Waals surface area contributed by atoms with Crippen LogP contribution in [0, 0.1) is 10.1 Å². The molecule has 230 valence electrons. The fraction of sp³-hybridized carbons (Fsp3) is 0.100. The number of methoxy groups -OCH3 is 1. The van der Waals surface area contributed by atoms with Gasteiger partial charge < -0.3 is 14.4 Å². The van der Waals surface area contributed by atoms with Gasteiger partial charge in [0, 0.05) is 36.0 Å². The molecule has 6 nitrogen and oxygen atoms in total. The van der Waals surface area contributed by atoms with Crippen LogP contribution in [-0.2, 0) is 0 Å². The van der Waals surface area contributed by atoms with Gasteiger partial charge in [0.25, 0.3) is 5.69 Å². The molecule has 0 atom stereocenters. The first kappa shape index (κ1) is 31.5. The average molecular weight is 609 g/mol. The Hall–Kier alpha value is -5.88. The minimum absolute atomic E-state index is 0.0840. The summed E-state index contributed by atoms with van der Waals surface area (Å²) in [4.78, 5) is 12.6. The van der Waals surface area contributed by atoms with Gasteiger partial charge in [-0.3, -0.25) is 10.1 Å². The monoisotopic (exact) mass is 608 g/mol. The number of benzene rings is 5. The van der Waals surface area contributed by atoms with Crippen LogP contribution in [0.2, 0.25) is 0 Å². The van der Waals surface area contributed by atoms with Crippen molar-refractivity contribution >= 4 is 47.8 Å². The number of hydrogen-bond acceptors (Lipinski definition) is 5. The molecule has 0 unspecified atom stereocenters. The molecule has 5 aromatic carbocycles. The molecule has 0 fully saturated rings. The number of nitro groups is 1. The highest BCUT2D eigenvalue weighted by molar-refractivity contribution is 5.79. The number of likely N-dealkylation sites (N-methyl/N-ethyl adjacent to an activating group) is 1. The van der Waals surface area contributed by atoms with Crippen molar-refractivity contribution < 1.29 is 14.4 Å². The van der Waals surface area contributed by atoms with E-state index in [2.05, 4.69) is 77.7 Å². The quantitative estimate of drug-likeness (QED) is 0.0757. The zero-order valence-electron chi connectivity index (χ0n) is 26.0. The molecule has 0 saturated carbocycles. The molecular weight excluding hydrogens is 572 g/mol. The van der Waals surface area contributed by atoms with E-state index in [1.807, 2.05) is 67.7 Å². The van der Waals surface area contributed by atoms with E-state index in [0.29, 0.717) is 13.2 Å². The number of anilines is 1. The SMILES string of the molecule is COc1cc(/C=C/c2ccccc2)c(OCCN(C)c2ccc(/C=C/c3ccc([N+](=O)[O-])cc3)cc2)cc1/C=C/c1ccccc1. The van der Waals surface area contributed by atoms with Gasteiger partial charge in [-0.25, -0.2) is 0 Å². The van der Waals surface area contributed by atoms with Crippen LogP contribution < -0.4 is 14.4 Å². The summed E-state index contributed by atoms with van der Waals surface area (Å²) in [5, 5.41) is 10.9. The lowest BCUT2D eigenvalue weighted by molar-refractivity contribution is -0.384. The lowest BCUT2D eigenvalue weighted by Crippen LogP contribution is -2.23. The summed E-state index contributed by atoms with van der Waals surface area (Å²) in [5.74, 6) is 1.55. The molecule has 0 amide bonds. The maximum Gasteiger partial charge on any atom is 0.269 e. The van der Waals surface area contributed by atoms with E-state index in [1.165, 1.54) is 12.1 Å². The molecule has 0 aliphatic rings. The lowest BCUT2D eigenvalue weighted by atomic mass is 10.1. The largest absolute Gasteiger partial charge is 0.496 e. The van der Waals surface area contributed by atoms with E-state index < -0.39 is 4.92 Å². The van der Waals surface area contributed by atoms with Gasteiger partial charge in [-0.2, -0.15) is 0 Å². The Balaban J connectivity index is 1.27. The Labute approximate surface area is 270 Å². The van der Waals surface area contributed by atoms with Gasteiger partial charge in [-0.15, -0.1) is 0 Å². The lowest BCUT2D eigenvalue weighted by Gasteiger charge is -2.20. The van der Waals surface area contributed by atoms with Gasteiger partial charge in [0.2, 0.25) is 0 Å². The van der Waals surface area contributed by atoms with Crippen LogP contribution in [0.15, 0.2) is 121 Å². The van der Waals surface area contributed by atoms with Gasteiger partial charge in [0.1, 0.15) is 18.1 Å². The molecule has 0 bridgehead atoms. The first-order chi connectivity index (χ1) is 22.5. The second-order valence-electron chi connectivity index (χ2n) is 10.7. The number of nitrogens with zero attached hydrogens (tertiary/aromatic N) is 2. The normalized spacial score (nSPS) is 11.3. The Morgan fingerprint density at radius 2 is 1.09 bits per heavy atom. The van der Waals surface area contributed by atoms with E-state index in [-0.39, 0.29) is 5.69 Å². The highest BCUT2D eigenvalue weighted by Crippen LogP contribution is 2.32. The first-order valence-corrected chi connectivity index (χ1v) is 15.0. The van der Waals surface area contributed by atoms with Crippen LogP contribution in [0.5, 0.6) is 11.5 Å². The molecule has 0 spiro atoms. The standard InChI is InChI=1S/C40H36N2O4/c1-41(37-23-17-33(18-24-37)13-14-34-19-25-38(26-20-34)42(43)44)27-28-46-40-30-35(21-15-31-9-5-3-6-10-31)39(45-2)29-36(40)22-16-32-11-7-4-8-12-32/h3-26,29-30H,27-28H2,1-2H3/b14-13+,21-15+,22-16+. The smallest absolute Gasteiger partial charge is 0.269 e. The summed E-state index contributed by atoms with van der Waals surface area (Å²) >= 11 is 0. The van der Waals surface area contributed by atoms with Crippen LogP contribution >= 0.6 is 0 Å². The zero-order chi connectivity index (χ0) is 32.1. The molecule has 5 aromatic rings. The van der Waals surface area contributed by atoms with Gasteiger partial charge >= 0.3 is 0 Å². The predicted octanol–water partition coefficient (Wildman–Crippen LogP) is 9.63. The molecule has 0 aliphatic carbocycles. The second-order valence-corrected chi connectivity index (χ2v) is 10.7.